The van der Waals surface area contributed by atoms with E-state index in [9.17, 15) is 0 Å². The fourth-order valence-corrected chi connectivity index (χ4v) is 3.34. The normalized spacial score (nSPS) is 27.9. The maximum absolute atomic E-state index is 5.98. The van der Waals surface area contributed by atoms with Gasteiger partial charge in [0.25, 0.3) is 0 Å². The molecule has 21 heavy (non-hydrogen) atoms. The number of hydrogen-bond donors (Lipinski definition) is 0. The molecule has 0 aromatic carbocycles. The number of rotatable bonds is 5. The van der Waals surface area contributed by atoms with E-state index >= 15 is 0 Å². The summed E-state index contributed by atoms with van der Waals surface area (Å²) in [4.78, 5) is 4.47. The third kappa shape index (κ3) is 4.27. The Hall–Kier alpha value is -0.940. The number of hydrogen-bond acceptors (Lipinski definition) is 5. The van der Waals surface area contributed by atoms with Crippen molar-refractivity contribution in [1.82, 2.24) is 10.1 Å². The van der Waals surface area contributed by atoms with Crippen LogP contribution in [0.15, 0.2) is 4.52 Å². The molecule has 5 nitrogen and oxygen atoms in total. The molecule has 3 rings (SSSR count). The summed E-state index contributed by atoms with van der Waals surface area (Å²) >= 11 is 0. The van der Waals surface area contributed by atoms with Gasteiger partial charge in [-0.3, -0.25) is 0 Å². The van der Waals surface area contributed by atoms with Crippen LogP contribution < -0.4 is 0 Å². The molecule has 1 saturated carbocycles. The second kappa shape index (κ2) is 7.36. The molecule has 0 amide bonds. The standard InChI is InChI=1S/C16H26N2O3/c1-12-4-2-3-5-14(12)20-11-15-17-16(21-18-15)10-13-6-8-19-9-7-13/h12-14H,2-11H2,1H3. The van der Waals surface area contributed by atoms with Crippen molar-refractivity contribution in [2.45, 2.75) is 64.6 Å². The Morgan fingerprint density at radius 2 is 1.95 bits per heavy atom. The predicted molar refractivity (Wildman–Crippen MR) is 77.8 cm³/mol. The molecule has 2 atom stereocenters. The maximum Gasteiger partial charge on any atom is 0.227 e. The summed E-state index contributed by atoms with van der Waals surface area (Å²) in [6.45, 7) is 4.46. The first kappa shape index (κ1) is 15.0. The van der Waals surface area contributed by atoms with Crippen molar-refractivity contribution in [1.29, 1.82) is 0 Å². The average Bonchev–Trinajstić information content (AvgIpc) is 2.95. The molecule has 0 bridgehead atoms. The minimum atomic E-state index is 0.358. The van der Waals surface area contributed by atoms with E-state index in [0.717, 1.165) is 44.8 Å². The van der Waals surface area contributed by atoms with E-state index in [1.807, 2.05) is 0 Å². The van der Waals surface area contributed by atoms with Crippen LogP contribution in [0.4, 0.5) is 0 Å². The van der Waals surface area contributed by atoms with Crippen molar-refractivity contribution in [2.24, 2.45) is 11.8 Å². The molecule has 118 valence electrons. The molecule has 2 fully saturated rings. The summed E-state index contributed by atoms with van der Waals surface area (Å²) < 4.78 is 16.7. The third-order valence-electron chi connectivity index (χ3n) is 4.77. The van der Waals surface area contributed by atoms with Crippen LogP contribution >= 0.6 is 0 Å². The maximum atomic E-state index is 5.98. The molecule has 1 saturated heterocycles. The van der Waals surface area contributed by atoms with Crippen molar-refractivity contribution >= 4 is 0 Å². The van der Waals surface area contributed by atoms with Crippen LogP contribution in [-0.4, -0.2) is 29.5 Å². The lowest BCUT2D eigenvalue weighted by Gasteiger charge is -2.28. The molecular formula is C16H26N2O3. The fourth-order valence-electron chi connectivity index (χ4n) is 3.34. The largest absolute Gasteiger partial charge is 0.381 e. The monoisotopic (exact) mass is 294 g/mol. The lowest BCUT2D eigenvalue weighted by atomic mass is 9.88. The topological polar surface area (TPSA) is 57.4 Å². The third-order valence-corrected chi connectivity index (χ3v) is 4.77. The van der Waals surface area contributed by atoms with E-state index < -0.39 is 0 Å². The molecule has 0 spiro atoms. The second-order valence-electron chi connectivity index (χ2n) is 6.48. The number of nitrogens with zero attached hydrogens (tertiary/aromatic N) is 2. The van der Waals surface area contributed by atoms with Gasteiger partial charge in [0, 0.05) is 19.6 Å². The van der Waals surface area contributed by atoms with Gasteiger partial charge in [0.05, 0.1) is 6.10 Å². The SMILES string of the molecule is CC1CCCCC1OCc1noc(CC2CCOCC2)n1. The van der Waals surface area contributed by atoms with Gasteiger partial charge in [-0.2, -0.15) is 4.98 Å². The van der Waals surface area contributed by atoms with E-state index in [1.54, 1.807) is 0 Å². The first-order chi connectivity index (χ1) is 10.3. The minimum Gasteiger partial charge on any atom is -0.381 e. The highest BCUT2D eigenvalue weighted by Crippen LogP contribution is 2.27. The zero-order chi connectivity index (χ0) is 14.5. The van der Waals surface area contributed by atoms with Crippen LogP contribution in [0.5, 0.6) is 0 Å². The van der Waals surface area contributed by atoms with E-state index in [1.165, 1.54) is 19.3 Å². The Morgan fingerprint density at radius 3 is 2.76 bits per heavy atom. The zero-order valence-corrected chi connectivity index (χ0v) is 12.9. The van der Waals surface area contributed by atoms with Crippen LogP contribution in [0.1, 0.15) is 57.2 Å². The molecule has 0 radical (unpaired) electrons. The van der Waals surface area contributed by atoms with Crippen LogP contribution in [0.25, 0.3) is 0 Å². The predicted octanol–water partition coefficient (Wildman–Crippen LogP) is 3.13. The second-order valence-corrected chi connectivity index (χ2v) is 6.48. The minimum absolute atomic E-state index is 0.358. The van der Waals surface area contributed by atoms with Gasteiger partial charge in [-0.05, 0) is 37.5 Å². The van der Waals surface area contributed by atoms with E-state index in [0.29, 0.717) is 30.4 Å². The molecule has 2 heterocycles. The highest BCUT2D eigenvalue weighted by molar-refractivity contribution is 4.87. The summed E-state index contributed by atoms with van der Waals surface area (Å²) in [5.41, 5.74) is 0. The van der Waals surface area contributed by atoms with E-state index in [2.05, 4.69) is 17.1 Å². The van der Waals surface area contributed by atoms with Crippen molar-refractivity contribution in [3.63, 3.8) is 0 Å². The van der Waals surface area contributed by atoms with Crippen LogP contribution in [0, 0.1) is 11.8 Å². The molecular weight excluding hydrogens is 268 g/mol. The highest BCUT2D eigenvalue weighted by Gasteiger charge is 2.23. The van der Waals surface area contributed by atoms with Crippen molar-refractivity contribution in [3.8, 4) is 0 Å². The fraction of sp³-hybridized carbons (Fsp3) is 0.875. The molecule has 1 aromatic rings. The van der Waals surface area contributed by atoms with Gasteiger partial charge < -0.3 is 14.0 Å². The summed E-state index contributed by atoms with van der Waals surface area (Å²) in [5.74, 6) is 2.70. The first-order valence-electron chi connectivity index (χ1n) is 8.32. The molecule has 1 aliphatic heterocycles. The Kier molecular flexibility index (Phi) is 5.25. The van der Waals surface area contributed by atoms with E-state index in [-0.39, 0.29) is 0 Å². The molecule has 1 aromatic heterocycles. The van der Waals surface area contributed by atoms with Gasteiger partial charge in [0.1, 0.15) is 6.61 Å². The Balaban J connectivity index is 1.45. The zero-order valence-electron chi connectivity index (χ0n) is 12.9. The van der Waals surface area contributed by atoms with Crippen LogP contribution in [0.3, 0.4) is 0 Å². The van der Waals surface area contributed by atoms with Gasteiger partial charge >= 0.3 is 0 Å². The lowest BCUT2D eigenvalue weighted by molar-refractivity contribution is -0.0188. The Bertz CT molecular complexity index is 429. The molecule has 0 N–H and O–H groups in total. The average molecular weight is 294 g/mol. The van der Waals surface area contributed by atoms with Crippen molar-refractivity contribution < 1.29 is 14.0 Å². The smallest absolute Gasteiger partial charge is 0.227 e. The summed E-state index contributed by atoms with van der Waals surface area (Å²) in [6.07, 6.45) is 8.45. The van der Waals surface area contributed by atoms with Crippen LogP contribution in [-0.2, 0) is 22.5 Å². The number of ether oxygens (including phenoxy) is 2. The lowest BCUT2D eigenvalue weighted by Crippen LogP contribution is -2.25. The molecule has 2 unspecified atom stereocenters. The van der Waals surface area contributed by atoms with Gasteiger partial charge in [-0.1, -0.05) is 24.9 Å². The number of aromatic nitrogens is 2. The summed E-state index contributed by atoms with van der Waals surface area (Å²) in [6, 6.07) is 0. The van der Waals surface area contributed by atoms with Crippen molar-refractivity contribution in [2.75, 3.05) is 13.2 Å². The van der Waals surface area contributed by atoms with Gasteiger partial charge in [-0.15, -0.1) is 0 Å². The van der Waals surface area contributed by atoms with Crippen molar-refractivity contribution in [3.05, 3.63) is 11.7 Å². The Labute approximate surface area is 126 Å². The van der Waals surface area contributed by atoms with Crippen LogP contribution in [0.2, 0.25) is 0 Å². The molecule has 2 aliphatic rings. The van der Waals surface area contributed by atoms with Gasteiger partial charge in [-0.25, -0.2) is 0 Å². The van der Waals surface area contributed by atoms with E-state index in [4.69, 9.17) is 14.0 Å². The molecule has 5 heteroatoms. The highest BCUT2D eigenvalue weighted by atomic mass is 16.5. The molecule has 1 aliphatic carbocycles. The Morgan fingerprint density at radius 1 is 1.14 bits per heavy atom. The van der Waals surface area contributed by atoms with Gasteiger partial charge in [0.15, 0.2) is 5.82 Å². The van der Waals surface area contributed by atoms with Gasteiger partial charge in [0.2, 0.25) is 5.89 Å². The first-order valence-corrected chi connectivity index (χ1v) is 8.32. The summed E-state index contributed by atoms with van der Waals surface area (Å²) in [5, 5.41) is 4.05. The quantitative estimate of drug-likeness (QED) is 0.835. The summed E-state index contributed by atoms with van der Waals surface area (Å²) in [7, 11) is 0.